The van der Waals surface area contributed by atoms with Crippen molar-refractivity contribution in [2.75, 3.05) is 13.1 Å². The first-order chi connectivity index (χ1) is 14.1. The van der Waals surface area contributed by atoms with Gasteiger partial charge in [-0.25, -0.2) is 4.98 Å². The highest BCUT2D eigenvalue weighted by Gasteiger charge is 2.27. The van der Waals surface area contributed by atoms with Crippen molar-refractivity contribution in [3.8, 4) is 0 Å². The Balaban J connectivity index is 1.52. The van der Waals surface area contributed by atoms with Crippen molar-refractivity contribution >= 4 is 5.91 Å². The summed E-state index contributed by atoms with van der Waals surface area (Å²) in [6.45, 7) is 5.35. The minimum absolute atomic E-state index is 0.0423. The maximum Gasteiger partial charge on any atom is 0.274 e. The second-order valence-electron chi connectivity index (χ2n) is 7.84. The van der Waals surface area contributed by atoms with E-state index in [1.165, 1.54) is 11.1 Å². The number of benzene rings is 1. The van der Waals surface area contributed by atoms with Gasteiger partial charge >= 0.3 is 0 Å². The summed E-state index contributed by atoms with van der Waals surface area (Å²) in [5.74, 6) is 0.208. The summed E-state index contributed by atoms with van der Waals surface area (Å²) in [7, 11) is 0. The standard InChI is InChI=1S/C24H26N4O/c1-17-11-20(12-19-7-4-3-5-8-19)13-22(27-17)21-9-6-10-28(16-21)24(29)23-15-25-18(2)14-26-23/h3-5,7-8,11,13-15,21H,6,9-10,12,16H2,1-2H3. The number of carbonyl (C=O) groups excluding carboxylic acids is 1. The third kappa shape index (κ3) is 4.67. The maximum absolute atomic E-state index is 12.9. The Morgan fingerprint density at radius 1 is 1.03 bits per heavy atom. The number of nitrogens with zero attached hydrogens (tertiary/aromatic N) is 4. The lowest BCUT2D eigenvalue weighted by molar-refractivity contribution is 0.0699. The molecule has 0 N–H and O–H groups in total. The molecule has 1 fully saturated rings. The van der Waals surface area contributed by atoms with Crippen LogP contribution in [0.25, 0.3) is 0 Å². The van der Waals surface area contributed by atoms with Crippen molar-refractivity contribution in [3.05, 3.63) is 88.8 Å². The molecule has 1 aromatic carbocycles. The molecule has 4 rings (SSSR count). The fourth-order valence-electron chi connectivity index (χ4n) is 3.98. The first kappa shape index (κ1) is 19.2. The Hall–Kier alpha value is -3.08. The topological polar surface area (TPSA) is 59.0 Å². The molecule has 1 amide bonds. The van der Waals surface area contributed by atoms with Crippen LogP contribution in [0.4, 0.5) is 0 Å². The van der Waals surface area contributed by atoms with Gasteiger partial charge in [-0.15, -0.1) is 0 Å². The van der Waals surface area contributed by atoms with Crippen LogP contribution in [0.1, 0.15) is 57.5 Å². The molecule has 5 heteroatoms. The van der Waals surface area contributed by atoms with Gasteiger partial charge in [-0.3, -0.25) is 14.8 Å². The van der Waals surface area contributed by atoms with E-state index in [0.29, 0.717) is 12.2 Å². The van der Waals surface area contributed by atoms with Crippen LogP contribution in [0.15, 0.2) is 54.9 Å². The van der Waals surface area contributed by atoms with Gasteiger partial charge in [0.25, 0.3) is 5.91 Å². The van der Waals surface area contributed by atoms with Gasteiger partial charge in [0.2, 0.25) is 0 Å². The minimum Gasteiger partial charge on any atom is -0.337 e. The van der Waals surface area contributed by atoms with Gasteiger partial charge in [-0.1, -0.05) is 30.3 Å². The summed E-state index contributed by atoms with van der Waals surface area (Å²) in [6, 6.07) is 14.9. The molecule has 1 saturated heterocycles. The molecule has 3 heterocycles. The van der Waals surface area contributed by atoms with Gasteiger partial charge in [-0.05, 0) is 56.4 Å². The van der Waals surface area contributed by atoms with E-state index in [1.807, 2.05) is 24.8 Å². The van der Waals surface area contributed by atoms with Crippen molar-refractivity contribution < 1.29 is 4.79 Å². The average Bonchev–Trinajstić information content (AvgIpc) is 2.74. The van der Waals surface area contributed by atoms with Gasteiger partial charge < -0.3 is 4.90 Å². The molecule has 1 aliphatic rings. The van der Waals surface area contributed by atoms with Crippen molar-refractivity contribution in [3.63, 3.8) is 0 Å². The first-order valence-corrected chi connectivity index (χ1v) is 10.2. The van der Waals surface area contributed by atoms with E-state index in [4.69, 9.17) is 4.98 Å². The molecule has 5 nitrogen and oxygen atoms in total. The van der Waals surface area contributed by atoms with Crippen molar-refractivity contribution in [2.24, 2.45) is 0 Å². The molecule has 0 saturated carbocycles. The molecular weight excluding hydrogens is 360 g/mol. The Kier molecular flexibility index (Phi) is 5.65. The van der Waals surface area contributed by atoms with E-state index in [1.54, 1.807) is 12.4 Å². The Morgan fingerprint density at radius 3 is 2.62 bits per heavy atom. The third-order valence-corrected chi connectivity index (χ3v) is 5.41. The number of likely N-dealkylation sites (tertiary alicyclic amines) is 1. The minimum atomic E-state index is -0.0423. The molecule has 29 heavy (non-hydrogen) atoms. The molecule has 0 spiro atoms. The predicted octanol–water partition coefficient (Wildman–Crippen LogP) is 4.10. The Bertz CT molecular complexity index is 986. The quantitative estimate of drug-likeness (QED) is 0.677. The highest BCUT2D eigenvalue weighted by atomic mass is 16.2. The molecule has 2 aromatic heterocycles. The van der Waals surface area contributed by atoms with Crippen LogP contribution >= 0.6 is 0 Å². The van der Waals surface area contributed by atoms with Crippen molar-refractivity contribution in [2.45, 2.75) is 39.0 Å². The summed E-state index contributed by atoms with van der Waals surface area (Å²) >= 11 is 0. The zero-order valence-corrected chi connectivity index (χ0v) is 17.0. The highest BCUT2D eigenvalue weighted by molar-refractivity contribution is 5.92. The van der Waals surface area contributed by atoms with E-state index >= 15 is 0 Å². The normalized spacial score (nSPS) is 16.6. The Labute approximate surface area is 171 Å². The second kappa shape index (κ2) is 8.52. The number of carbonyl (C=O) groups is 1. The molecule has 1 unspecified atom stereocenters. The molecule has 0 bridgehead atoms. The van der Waals surface area contributed by atoms with Crippen LogP contribution in [0.2, 0.25) is 0 Å². The van der Waals surface area contributed by atoms with Crippen LogP contribution in [0.3, 0.4) is 0 Å². The smallest absolute Gasteiger partial charge is 0.274 e. The molecule has 0 aliphatic carbocycles. The molecule has 0 radical (unpaired) electrons. The van der Waals surface area contributed by atoms with Crippen molar-refractivity contribution in [1.29, 1.82) is 0 Å². The summed E-state index contributed by atoms with van der Waals surface area (Å²) in [5, 5.41) is 0. The van der Waals surface area contributed by atoms with E-state index in [0.717, 1.165) is 42.9 Å². The maximum atomic E-state index is 12.9. The lowest BCUT2D eigenvalue weighted by Crippen LogP contribution is -2.39. The predicted molar refractivity (Wildman–Crippen MR) is 113 cm³/mol. The van der Waals surface area contributed by atoms with Gasteiger partial charge in [-0.2, -0.15) is 0 Å². The van der Waals surface area contributed by atoms with Crippen LogP contribution < -0.4 is 0 Å². The molecule has 3 aromatic rings. The second-order valence-corrected chi connectivity index (χ2v) is 7.84. The molecule has 1 atom stereocenters. The number of hydrogen-bond acceptors (Lipinski definition) is 4. The lowest BCUT2D eigenvalue weighted by Gasteiger charge is -2.32. The van der Waals surface area contributed by atoms with E-state index in [2.05, 4.69) is 46.4 Å². The zero-order valence-electron chi connectivity index (χ0n) is 17.0. The average molecular weight is 386 g/mol. The number of piperidine rings is 1. The zero-order chi connectivity index (χ0) is 20.2. The van der Waals surface area contributed by atoms with Gasteiger partial charge in [0.1, 0.15) is 5.69 Å². The monoisotopic (exact) mass is 386 g/mol. The first-order valence-electron chi connectivity index (χ1n) is 10.2. The number of aryl methyl sites for hydroxylation is 2. The fourth-order valence-corrected chi connectivity index (χ4v) is 3.98. The SMILES string of the molecule is Cc1cnc(C(=O)N2CCCC(c3cc(Cc4ccccc4)cc(C)n3)C2)cn1. The Morgan fingerprint density at radius 2 is 1.86 bits per heavy atom. The number of amides is 1. The van der Waals surface area contributed by atoms with Gasteiger partial charge in [0, 0.05) is 36.6 Å². The van der Waals surface area contributed by atoms with Crippen LogP contribution in [0, 0.1) is 13.8 Å². The summed E-state index contributed by atoms with van der Waals surface area (Å²) in [5.41, 5.74) is 5.91. The fraction of sp³-hybridized carbons (Fsp3) is 0.333. The highest BCUT2D eigenvalue weighted by Crippen LogP contribution is 2.28. The van der Waals surface area contributed by atoms with E-state index in [-0.39, 0.29) is 11.8 Å². The largest absolute Gasteiger partial charge is 0.337 e. The van der Waals surface area contributed by atoms with Gasteiger partial charge in [0.15, 0.2) is 0 Å². The van der Waals surface area contributed by atoms with Crippen LogP contribution in [-0.4, -0.2) is 38.8 Å². The number of rotatable bonds is 4. The molecule has 1 aliphatic heterocycles. The van der Waals surface area contributed by atoms with Crippen LogP contribution in [0.5, 0.6) is 0 Å². The molecule has 148 valence electrons. The van der Waals surface area contributed by atoms with Crippen LogP contribution in [-0.2, 0) is 6.42 Å². The molecular formula is C24H26N4O. The van der Waals surface area contributed by atoms with E-state index < -0.39 is 0 Å². The summed E-state index contributed by atoms with van der Waals surface area (Å²) < 4.78 is 0. The lowest BCUT2D eigenvalue weighted by atomic mass is 9.92. The summed E-state index contributed by atoms with van der Waals surface area (Å²) in [6.07, 6.45) is 6.13. The van der Waals surface area contributed by atoms with E-state index in [9.17, 15) is 4.79 Å². The number of pyridine rings is 1. The van der Waals surface area contributed by atoms with Gasteiger partial charge in [0.05, 0.1) is 11.9 Å². The third-order valence-electron chi connectivity index (χ3n) is 5.41. The number of aromatic nitrogens is 3. The number of hydrogen-bond donors (Lipinski definition) is 0. The summed E-state index contributed by atoms with van der Waals surface area (Å²) in [4.78, 5) is 28.0. The van der Waals surface area contributed by atoms with Crippen molar-refractivity contribution in [1.82, 2.24) is 19.9 Å².